The van der Waals surface area contributed by atoms with Gasteiger partial charge in [-0.05, 0) is 49.8 Å². The van der Waals surface area contributed by atoms with E-state index in [4.69, 9.17) is 9.15 Å². The Bertz CT molecular complexity index is 1090. The predicted octanol–water partition coefficient (Wildman–Crippen LogP) is 5.01. The first-order valence-corrected chi connectivity index (χ1v) is 9.28. The van der Waals surface area contributed by atoms with Crippen LogP contribution in [0, 0.1) is 0 Å². The van der Waals surface area contributed by atoms with Crippen molar-refractivity contribution >= 4 is 29.1 Å². The van der Waals surface area contributed by atoms with Gasteiger partial charge in [-0.2, -0.15) is 0 Å². The average Bonchev–Trinajstić information content (AvgIpc) is 2.69. The van der Waals surface area contributed by atoms with Crippen molar-refractivity contribution < 1.29 is 19.1 Å². The lowest BCUT2D eigenvalue weighted by atomic mass is 10.0. The van der Waals surface area contributed by atoms with Crippen molar-refractivity contribution in [2.24, 2.45) is 0 Å². The number of ether oxygens (including phenoxy) is 1. The molecule has 0 saturated carbocycles. The summed E-state index contributed by atoms with van der Waals surface area (Å²) in [6.45, 7) is 4.46. The van der Waals surface area contributed by atoms with E-state index in [2.05, 4.69) is 0 Å². The van der Waals surface area contributed by atoms with Crippen LogP contribution in [0.2, 0.25) is 0 Å². The number of hydrogen-bond acceptors (Lipinski definition) is 4. The second-order valence-corrected chi connectivity index (χ2v) is 6.34. The smallest absolute Gasteiger partial charge is 0.335 e. The van der Waals surface area contributed by atoms with Gasteiger partial charge in [0.2, 0.25) is 0 Å². The van der Waals surface area contributed by atoms with Crippen LogP contribution in [0.1, 0.15) is 47.5 Å². The highest BCUT2D eigenvalue weighted by Crippen LogP contribution is 2.24. The van der Waals surface area contributed by atoms with Crippen LogP contribution in [0.3, 0.4) is 0 Å². The molecule has 0 amide bonds. The fraction of sp³-hybridized carbons (Fsp3) is 0.217. The number of hydrogen-bond donors (Lipinski definition) is 1. The Morgan fingerprint density at radius 3 is 2.64 bits per heavy atom. The van der Waals surface area contributed by atoms with Crippen LogP contribution in [0.4, 0.5) is 0 Å². The highest BCUT2D eigenvalue weighted by molar-refractivity contribution is 5.93. The van der Waals surface area contributed by atoms with Crippen LogP contribution in [0.5, 0.6) is 5.75 Å². The highest BCUT2D eigenvalue weighted by atomic mass is 16.5. The van der Waals surface area contributed by atoms with Gasteiger partial charge in [0.15, 0.2) is 5.43 Å². The average molecular weight is 378 g/mol. The van der Waals surface area contributed by atoms with E-state index in [0.717, 1.165) is 17.7 Å². The van der Waals surface area contributed by atoms with E-state index in [1.807, 2.05) is 44.2 Å². The number of aromatic carboxylic acids is 1. The summed E-state index contributed by atoms with van der Waals surface area (Å²) in [5.74, 6) is 0.163. The van der Waals surface area contributed by atoms with Gasteiger partial charge in [0, 0.05) is 11.1 Å². The van der Waals surface area contributed by atoms with Gasteiger partial charge in [0.25, 0.3) is 0 Å². The minimum Gasteiger partial charge on any atom is -0.493 e. The summed E-state index contributed by atoms with van der Waals surface area (Å²) < 4.78 is 11.6. The quantitative estimate of drug-likeness (QED) is 0.625. The molecule has 0 atom stereocenters. The molecule has 0 aliphatic heterocycles. The monoisotopic (exact) mass is 378 g/mol. The topological polar surface area (TPSA) is 76.7 Å². The lowest BCUT2D eigenvalue weighted by Gasteiger charge is -2.08. The zero-order valence-corrected chi connectivity index (χ0v) is 15.9. The van der Waals surface area contributed by atoms with Gasteiger partial charge < -0.3 is 14.3 Å². The van der Waals surface area contributed by atoms with Gasteiger partial charge in [-0.1, -0.05) is 31.5 Å². The summed E-state index contributed by atoms with van der Waals surface area (Å²) in [7, 11) is 0. The van der Waals surface area contributed by atoms with Crippen molar-refractivity contribution in [3.63, 3.8) is 0 Å². The molecule has 0 aliphatic carbocycles. The van der Waals surface area contributed by atoms with E-state index in [9.17, 15) is 14.7 Å². The molecule has 3 rings (SSSR count). The predicted molar refractivity (Wildman–Crippen MR) is 110 cm³/mol. The summed E-state index contributed by atoms with van der Waals surface area (Å²) in [6.07, 6.45) is 4.95. The van der Waals surface area contributed by atoms with Gasteiger partial charge in [-0.25, -0.2) is 4.79 Å². The largest absolute Gasteiger partial charge is 0.493 e. The lowest BCUT2D eigenvalue weighted by Crippen LogP contribution is -2.12. The fourth-order valence-corrected chi connectivity index (χ4v) is 3.08. The summed E-state index contributed by atoms with van der Waals surface area (Å²) in [5, 5.41) is 9.47. The van der Waals surface area contributed by atoms with Crippen molar-refractivity contribution in [2.75, 3.05) is 6.61 Å². The standard InChI is InChI=1S/C23H22O5/c1-3-7-17-20(12-10-15-8-5-6-9-19(15)27-4-2)28-21-13-11-16(23(25)26)14-18(21)22(17)24/h5-6,8-14H,3-4,7H2,1-2H3,(H,25,26)/b12-10+. The molecule has 1 N–H and O–H groups in total. The van der Waals surface area contributed by atoms with E-state index in [1.54, 1.807) is 6.08 Å². The number of benzene rings is 2. The summed E-state index contributed by atoms with van der Waals surface area (Å²) in [4.78, 5) is 24.2. The minimum atomic E-state index is -1.07. The molecule has 5 heteroatoms. The van der Waals surface area contributed by atoms with Crippen LogP contribution < -0.4 is 10.2 Å². The number of carboxylic acids is 1. The van der Waals surface area contributed by atoms with Gasteiger partial charge >= 0.3 is 5.97 Å². The first-order chi connectivity index (χ1) is 13.5. The Kier molecular flexibility index (Phi) is 5.94. The van der Waals surface area contributed by atoms with E-state index >= 15 is 0 Å². The summed E-state index contributed by atoms with van der Waals surface area (Å²) >= 11 is 0. The third-order valence-electron chi connectivity index (χ3n) is 4.40. The molecule has 0 bridgehead atoms. The molecular formula is C23H22O5. The molecule has 0 spiro atoms. The van der Waals surface area contributed by atoms with Crippen LogP contribution in [-0.4, -0.2) is 17.7 Å². The van der Waals surface area contributed by atoms with Crippen LogP contribution >= 0.6 is 0 Å². The van der Waals surface area contributed by atoms with Crippen LogP contribution in [0.15, 0.2) is 51.7 Å². The first-order valence-electron chi connectivity index (χ1n) is 9.28. The van der Waals surface area contributed by atoms with Crippen LogP contribution in [0.25, 0.3) is 23.1 Å². The third-order valence-corrected chi connectivity index (χ3v) is 4.40. The van der Waals surface area contributed by atoms with Gasteiger partial charge in [-0.3, -0.25) is 4.79 Å². The molecule has 1 heterocycles. The van der Waals surface area contributed by atoms with Crippen molar-refractivity contribution in [2.45, 2.75) is 26.7 Å². The Morgan fingerprint density at radius 2 is 1.93 bits per heavy atom. The molecule has 3 aromatic rings. The molecule has 5 nitrogen and oxygen atoms in total. The summed E-state index contributed by atoms with van der Waals surface area (Å²) in [6, 6.07) is 12.0. The highest BCUT2D eigenvalue weighted by Gasteiger charge is 2.14. The molecule has 1 aromatic heterocycles. The van der Waals surface area contributed by atoms with Crippen molar-refractivity contribution in [1.29, 1.82) is 0 Å². The third kappa shape index (κ3) is 3.98. The zero-order chi connectivity index (χ0) is 20.1. The molecule has 0 fully saturated rings. The second-order valence-electron chi connectivity index (χ2n) is 6.34. The van der Waals surface area contributed by atoms with Crippen LogP contribution in [-0.2, 0) is 6.42 Å². The SMILES string of the molecule is CCCc1c(/C=C/c2ccccc2OCC)oc2ccc(C(=O)O)cc2c1=O. The van der Waals surface area contributed by atoms with Crippen molar-refractivity contribution in [3.05, 3.63) is 75.1 Å². The Balaban J connectivity index is 2.12. The molecule has 144 valence electrons. The normalized spacial score (nSPS) is 11.2. The first kappa shape index (κ1) is 19.4. The van der Waals surface area contributed by atoms with E-state index in [0.29, 0.717) is 29.9 Å². The molecule has 0 aliphatic rings. The van der Waals surface area contributed by atoms with E-state index in [1.165, 1.54) is 18.2 Å². The Hall–Kier alpha value is -3.34. The number of para-hydroxylation sites is 1. The maximum absolute atomic E-state index is 13.0. The minimum absolute atomic E-state index is 0.0659. The number of rotatable bonds is 7. The molecule has 0 saturated heterocycles. The van der Waals surface area contributed by atoms with Gasteiger partial charge in [-0.15, -0.1) is 0 Å². The Labute approximate surface area is 162 Å². The molecule has 28 heavy (non-hydrogen) atoms. The molecule has 2 aromatic carbocycles. The maximum atomic E-state index is 13.0. The second kappa shape index (κ2) is 8.57. The van der Waals surface area contributed by atoms with Gasteiger partial charge in [0.1, 0.15) is 17.1 Å². The Morgan fingerprint density at radius 1 is 1.14 bits per heavy atom. The zero-order valence-electron chi connectivity index (χ0n) is 15.9. The molecule has 0 unspecified atom stereocenters. The molecule has 0 radical (unpaired) electrons. The van der Waals surface area contributed by atoms with Crippen molar-refractivity contribution in [1.82, 2.24) is 0 Å². The van der Waals surface area contributed by atoms with E-state index in [-0.39, 0.29) is 16.4 Å². The molecular weight excluding hydrogens is 356 g/mol. The van der Waals surface area contributed by atoms with Crippen molar-refractivity contribution in [3.8, 4) is 5.75 Å². The number of carbonyl (C=O) groups is 1. The fourth-order valence-electron chi connectivity index (χ4n) is 3.08. The number of carboxylic acid groups (broad SMARTS) is 1. The lowest BCUT2D eigenvalue weighted by molar-refractivity contribution is 0.0697. The van der Waals surface area contributed by atoms with E-state index < -0.39 is 5.97 Å². The summed E-state index contributed by atoms with van der Waals surface area (Å²) in [5.41, 5.74) is 1.67. The number of fused-ring (bicyclic) bond motifs is 1. The van der Waals surface area contributed by atoms with Gasteiger partial charge in [0.05, 0.1) is 17.6 Å². The maximum Gasteiger partial charge on any atom is 0.335 e.